The number of hydrogen-bond donors (Lipinski definition) is 1. The molecule has 0 unspecified atom stereocenters. The molecular weight excluding hydrogens is 453 g/mol. The Bertz CT molecular complexity index is 1420. The molecule has 1 amide bonds. The number of fused-ring (bicyclic) bond motifs is 1. The molecule has 1 aliphatic carbocycles. The number of aromatic nitrogens is 4. The van der Waals surface area contributed by atoms with E-state index in [4.69, 9.17) is 0 Å². The van der Waals surface area contributed by atoms with Gasteiger partial charge in [-0.2, -0.15) is 5.10 Å². The second-order valence-electron chi connectivity index (χ2n) is 8.42. The molecule has 9 heteroatoms. The largest absolute Gasteiger partial charge is 0.310 e. The lowest BCUT2D eigenvalue weighted by molar-refractivity contribution is -0.113. The molecule has 1 fully saturated rings. The maximum Gasteiger partial charge on any atom is 0.266 e. The first-order chi connectivity index (χ1) is 16.5. The van der Waals surface area contributed by atoms with E-state index < -0.39 is 5.82 Å². The van der Waals surface area contributed by atoms with E-state index in [1.54, 1.807) is 55.6 Å². The highest BCUT2D eigenvalue weighted by molar-refractivity contribution is 7.99. The first-order valence-corrected chi connectivity index (χ1v) is 12.2. The molecule has 0 bridgehead atoms. The zero-order chi connectivity index (χ0) is 23.7. The number of aryl methyl sites for hydroxylation is 1. The van der Waals surface area contributed by atoms with E-state index in [2.05, 4.69) is 15.4 Å². The molecule has 1 N–H and O–H groups in total. The molecule has 2 aromatic heterocycles. The summed E-state index contributed by atoms with van der Waals surface area (Å²) in [6.45, 7) is 1.66. The number of hydrogen-bond acceptors (Lipinski definition) is 5. The lowest BCUT2D eigenvalue weighted by Crippen LogP contribution is -2.23. The number of halogens is 1. The first kappa shape index (κ1) is 22.3. The molecule has 0 saturated heterocycles. The van der Waals surface area contributed by atoms with Crippen LogP contribution in [0.5, 0.6) is 0 Å². The number of carbonyl (C=O) groups excluding carboxylic acids is 1. The second kappa shape index (κ2) is 9.42. The van der Waals surface area contributed by atoms with Crippen molar-refractivity contribution in [3.8, 4) is 5.69 Å². The van der Waals surface area contributed by atoms with Gasteiger partial charge in [-0.15, -0.1) is 0 Å². The highest BCUT2D eigenvalue weighted by Gasteiger charge is 2.21. The standard InChI is InChI=1S/C25H24FN5O2S/c1-16-10-11-18(14-20(16)26)30-24(33)19-8-4-5-9-21(19)28-25(30)34-15-23(32)29-22-12-13-27-31(22)17-6-2-3-7-17/h4-5,8-14,17H,2-3,6-7,15H2,1H3,(H,29,32). The summed E-state index contributed by atoms with van der Waals surface area (Å²) < 4.78 is 17.6. The van der Waals surface area contributed by atoms with Crippen LogP contribution in [0.25, 0.3) is 16.6 Å². The van der Waals surface area contributed by atoms with Crippen molar-refractivity contribution in [3.63, 3.8) is 0 Å². The number of para-hydroxylation sites is 1. The summed E-state index contributed by atoms with van der Waals surface area (Å²) in [5.74, 6) is 0.0665. The molecule has 0 aliphatic heterocycles. The Hall–Kier alpha value is -3.46. The van der Waals surface area contributed by atoms with Gasteiger partial charge in [0.15, 0.2) is 5.16 Å². The molecular formula is C25H24FN5O2S. The topological polar surface area (TPSA) is 81.8 Å². The first-order valence-electron chi connectivity index (χ1n) is 11.3. The van der Waals surface area contributed by atoms with Gasteiger partial charge in [0.2, 0.25) is 5.91 Å². The Morgan fingerprint density at radius 3 is 2.76 bits per heavy atom. The van der Waals surface area contributed by atoms with E-state index in [-0.39, 0.29) is 17.2 Å². The minimum atomic E-state index is -0.411. The molecule has 34 heavy (non-hydrogen) atoms. The van der Waals surface area contributed by atoms with E-state index in [1.165, 1.54) is 23.5 Å². The van der Waals surface area contributed by atoms with Crippen LogP contribution in [-0.2, 0) is 4.79 Å². The molecule has 0 atom stereocenters. The summed E-state index contributed by atoms with van der Waals surface area (Å²) in [6.07, 6.45) is 6.13. The van der Waals surface area contributed by atoms with Gasteiger partial charge in [-0.3, -0.25) is 14.2 Å². The number of rotatable bonds is 6. The van der Waals surface area contributed by atoms with Crippen LogP contribution in [0.1, 0.15) is 37.3 Å². The SMILES string of the molecule is Cc1ccc(-n2c(SCC(=O)Nc3ccnn3C3CCCC3)nc3ccccc3c2=O)cc1F. The smallest absolute Gasteiger partial charge is 0.266 e. The van der Waals surface area contributed by atoms with Gasteiger partial charge in [0, 0.05) is 6.07 Å². The number of nitrogens with zero attached hydrogens (tertiary/aromatic N) is 4. The van der Waals surface area contributed by atoms with Crippen LogP contribution < -0.4 is 10.9 Å². The Kier molecular flexibility index (Phi) is 6.19. The summed E-state index contributed by atoms with van der Waals surface area (Å²) in [5.41, 5.74) is 1.07. The third kappa shape index (κ3) is 4.35. The Labute approximate surface area is 200 Å². The number of carbonyl (C=O) groups is 1. The minimum Gasteiger partial charge on any atom is -0.310 e. The Morgan fingerprint density at radius 1 is 1.18 bits per heavy atom. The average molecular weight is 478 g/mol. The molecule has 2 heterocycles. The van der Waals surface area contributed by atoms with Crippen molar-refractivity contribution in [2.75, 3.05) is 11.1 Å². The van der Waals surface area contributed by atoms with E-state index >= 15 is 0 Å². The third-order valence-corrected chi connectivity index (χ3v) is 7.04. The van der Waals surface area contributed by atoms with Crippen molar-refractivity contribution in [2.45, 2.75) is 43.8 Å². The van der Waals surface area contributed by atoms with Crippen molar-refractivity contribution >= 4 is 34.4 Å². The second-order valence-corrected chi connectivity index (χ2v) is 9.36. The number of anilines is 1. The predicted octanol–water partition coefficient (Wildman–Crippen LogP) is 4.88. The molecule has 4 aromatic rings. The van der Waals surface area contributed by atoms with Crippen molar-refractivity contribution < 1.29 is 9.18 Å². The van der Waals surface area contributed by atoms with Gasteiger partial charge in [-0.05, 0) is 49.6 Å². The normalized spacial score (nSPS) is 14.1. The molecule has 7 nitrogen and oxygen atoms in total. The maximum atomic E-state index is 14.3. The van der Waals surface area contributed by atoms with Crippen LogP contribution in [-0.4, -0.2) is 31.0 Å². The molecule has 2 aromatic carbocycles. The summed E-state index contributed by atoms with van der Waals surface area (Å²) in [4.78, 5) is 30.7. The minimum absolute atomic E-state index is 0.0367. The Balaban J connectivity index is 1.43. The summed E-state index contributed by atoms with van der Waals surface area (Å²) in [7, 11) is 0. The van der Waals surface area contributed by atoms with Crippen LogP contribution in [0.2, 0.25) is 0 Å². The zero-order valence-corrected chi connectivity index (χ0v) is 19.5. The highest BCUT2D eigenvalue weighted by atomic mass is 32.2. The lowest BCUT2D eigenvalue weighted by atomic mass is 10.2. The fraction of sp³-hybridized carbons (Fsp3) is 0.280. The van der Waals surface area contributed by atoms with Gasteiger partial charge < -0.3 is 5.32 Å². The van der Waals surface area contributed by atoms with Crippen molar-refractivity contribution in [3.05, 3.63) is 76.5 Å². The van der Waals surface area contributed by atoms with Gasteiger partial charge >= 0.3 is 0 Å². The lowest BCUT2D eigenvalue weighted by Gasteiger charge is -2.15. The number of benzene rings is 2. The van der Waals surface area contributed by atoms with Crippen LogP contribution in [0.15, 0.2) is 64.7 Å². The number of amides is 1. The van der Waals surface area contributed by atoms with E-state index in [1.807, 2.05) is 4.68 Å². The average Bonchev–Trinajstić information content (AvgIpc) is 3.52. The van der Waals surface area contributed by atoms with Gasteiger partial charge in [0.1, 0.15) is 11.6 Å². The summed E-state index contributed by atoms with van der Waals surface area (Å²) >= 11 is 1.14. The highest BCUT2D eigenvalue weighted by Crippen LogP contribution is 2.31. The van der Waals surface area contributed by atoms with Gasteiger partial charge in [0.25, 0.3) is 5.56 Å². The molecule has 1 saturated carbocycles. The van der Waals surface area contributed by atoms with Crippen LogP contribution >= 0.6 is 11.8 Å². The van der Waals surface area contributed by atoms with Gasteiger partial charge in [-0.1, -0.05) is 42.8 Å². The molecule has 5 rings (SSSR count). The van der Waals surface area contributed by atoms with E-state index in [9.17, 15) is 14.0 Å². The van der Waals surface area contributed by atoms with Gasteiger partial charge in [-0.25, -0.2) is 14.1 Å². The van der Waals surface area contributed by atoms with Crippen molar-refractivity contribution in [1.82, 2.24) is 19.3 Å². The summed E-state index contributed by atoms with van der Waals surface area (Å²) in [6, 6.07) is 13.7. The summed E-state index contributed by atoms with van der Waals surface area (Å²) in [5, 5.41) is 8.07. The van der Waals surface area contributed by atoms with Crippen LogP contribution in [0, 0.1) is 12.7 Å². The molecule has 174 valence electrons. The van der Waals surface area contributed by atoms with E-state index in [0.717, 1.165) is 24.6 Å². The van der Waals surface area contributed by atoms with Gasteiger partial charge in [0.05, 0.1) is 34.6 Å². The molecule has 0 spiro atoms. The van der Waals surface area contributed by atoms with Crippen molar-refractivity contribution in [2.24, 2.45) is 0 Å². The van der Waals surface area contributed by atoms with Crippen LogP contribution in [0.4, 0.5) is 10.2 Å². The third-order valence-electron chi connectivity index (χ3n) is 6.10. The fourth-order valence-electron chi connectivity index (χ4n) is 4.32. The van der Waals surface area contributed by atoms with Crippen molar-refractivity contribution in [1.29, 1.82) is 0 Å². The molecule has 1 aliphatic rings. The number of thioether (sulfide) groups is 1. The molecule has 0 radical (unpaired) electrons. The van der Waals surface area contributed by atoms with E-state index in [0.29, 0.717) is 39.2 Å². The zero-order valence-electron chi connectivity index (χ0n) is 18.7. The quantitative estimate of drug-likeness (QED) is 0.316. The maximum absolute atomic E-state index is 14.3. The predicted molar refractivity (Wildman–Crippen MR) is 131 cm³/mol. The Morgan fingerprint density at radius 2 is 1.97 bits per heavy atom. The number of nitrogens with one attached hydrogen (secondary N) is 1. The van der Waals surface area contributed by atoms with Crippen LogP contribution in [0.3, 0.4) is 0 Å². The monoisotopic (exact) mass is 477 g/mol. The fourth-order valence-corrected chi connectivity index (χ4v) is 5.13.